The molecule has 0 aromatic heterocycles. The van der Waals surface area contributed by atoms with Crippen molar-refractivity contribution < 1.29 is 5.11 Å². The van der Waals surface area contributed by atoms with Crippen LogP contribution in [-0.4, -0.2) is 17.8 Å². The topological polar surface area (TPSA) is 82.1 Å². The van der Waals surface area contributed by atoms with Gasteiger partial charge in [0, 0.05) is 0 Å². The van der Waals surface area contributed by atoms with Crippen LogP contribution in [0.1, 0.15) is 19.4 Å². The van der Waals surface area contributed by atoms with Gasteiger partial charge in [0.2, 0.25) is 0 Å². The third-order valence-electron chi connectivity index (χ3n) is 2.52. The zero-order valence-electron chi connectivity index (χ0n) is 9.57. The lowest BCUT2D eigenvalue weighted by molar-refractivity contribution is 0.249. The fourth-order valence-electron chi connectivity index (χ4n) is 1.39. The zero-order chi connectivity index (χ0) is 12.1. The molecule has 0 bridgehead atoms. The predicted molar refractivity (Wildman–Crippen MR) is 64.9 cm³/mol. The monoisotopic (exact) mass is 219 g/mol. The van der Waals surface area contributed by atoms with E-state index in [1.807, 2.05) is 19.9 Å². The Morgan fingerprint density at radius 2 is 2.19 bits per heavy atom. The van der Waals surface area contributed by atoms with Gasteiger partial charge in [-0.15, -0.1) is 0 Å². The summed E-state index contributed by atoms with van der Waals surface area (Å²) in [6.45, 7) is 4.10. The minimum absolute atomic E-state index is 0.0322. The van der Waals surface area contributed by atoms with Crippen LogP contribution in [-0.2, 0) is 0 Å². The van der Waals surface area contributed by atoms with Crippen molar-refractivity contribution >= 4 is 11.4 Å². The maximum Gasteiger partial charge on any atom is 0.0992 e. The third kappa shape index (κ3) is 2.88. The number of nitriles is 1. The van der Waals surface area contributed by atoms with E-state index in [1.54, 1.807) is 18.2 Å². The van der Waals surface area contributed by atoms with Crippen molar-refractivity contribution in [3.05, 3.63) is 23.8 Å². The van der Waals surface area contributed by atoms with Crippen LogP contribution < -0.4 is 11.1 Å². The lowest BCUT2D eigenvalue weighted by Gasteiger charge is -2.22. The van der Waals surface area contributed by atoms with Crippen molar-refractivity contribution in [3.63, 3.8) is 0 Å². The molecule has 0 saturated heterocycles. The molecule has 0 saturated carbocycles. The average Bonchev–Trinajstić information content (AvgIpc) is 2.26. The lowest BCUT2D eigenvalue weighted by Crippen LogP contribution is -2.29. The number of anilines is 2. The van der Waals surface area contributed by atoms with Gasteiger partial charge in [-0.25, -0.2) is 0 Å². The number of nitrogens with two attached hydrogens (primary N) is 1. The van der Waals surface area contributed by atoms with Gasteiger partial charge in [-0.2, -0.15) is 5.26 Å². The van der Waals surface area contributed by atoms with E-state index in [2.05, 4.69) is 5.32 Å². The number of nitrogens with one attached hydrogen (secondary N) is 1. The van der Waals surface area contributed by atoms with Crippen LogP contribution in [0.5, 0.6) is 0 Å². The highest BCUT2D eigenvalue weighted by Gasteiger charge is 2.12. The van der Waals surface area contributed by atoms with Crippen molar-refractivity contribution in [3.8, 4) is 6.07 Å². The second-order valence-corrected chi connectivity index (χ2v) is 4.09. The number of hydrogen-bond acceptors (Lipinski definition) is 4. The summed E-state index contributed by atoms with van der Waals surface area (Å²) in [5.41, 5.74) is 7.62. The molecule has 0 radical (unpaired) electrons. The van der Waals surface area contributed by atoms with E-state index in [0.29, 0.717) is 17.2 Å². The number of nitrogen functional groups attached to an aromatic ring is 1. The molecule has 16 heavy (non-hydrogen) atoms. The second-order valence-electron chi connectivity index (χ2n) is 4.09. The SMILES string of the molecule is CC(C)[C@@H](CO)Nc1ccc(C#N)cc1N. The molecule has 0 aliphatic carbocycles. The molecule has 0 aliphatic rings. The summed E-state index contributed by atoms with van der Waals surface area (Å²) in [6, 6.07) is 7.08. The van der Waals surface area contributed by atoms with Gasteiger partial charge >= 0.3 is 0 Å². The number of aliphatic hydroxyl groups is 1. The number of aliphatic hydroxyl groups excluding tert-OH is 1. The summed E-state index contributed by atoms with van der Waals surface area (Å²) in [5.74, 6) is 0.306. The van der Waals surface area contributed by atoms with Gasteiger partial charge in [-0.05, 0) is 24.1 Å². The Hall–Kier alpha value is -1.73. The normalized spacial score (nSPS) is 12.2. The van der Waals surface area contributed by atoms with Crippen LogP contribution in [0.4, 0.5) is 11.4 Å². The summed E-state index contributed by atoms with van der Waals surface area (Å²) in [5, 5.41) is 21.1. The second kappa shape index (κ2) is 5.38. The van der Waals surface area contributed by atoms with E-state index in [-0.39, 0.29) is 12.6 Å². The first-order chi connectivity index (χ1) is 7.58. The first kappa shape index (κ1) is 12.3. The van der Waals surface area contributed by atoms with Crippen molar-refractivity contribution in [2.75, 3.05) is 17.7 Å². The van der Waals surface area contributed by atoms with Gasteiger partial charge in [0.15, 0.2) is 0 Å². The van der Waals surface area contributed by atoms with E-state index in [1.165, 1.54) is 0 Å². The molecule has 1 atom stereocenters. The van der Waals surface area contributed by atoms with Crippen LogP contribution in [0.15, 0.2) is 18.2 Å². The summed E-state index contributed by atoms with van der Waals surface area (Å²) in [7, 11) is 0. The van der Waals surface area contributed by atoms with E-state index >= 15 is 0 Å². The molecule has 4 N–H and O–H groups in total. The highest BCUT2D eigenvalue weighted by molar-refractivity contribution is 5.68. The van der Waals surface area contributed by atoms with Crippen LogP contribution in [0.25, 0.3) is 0 Å². The Kier molecular flexibility index (Phi) is 4.15. The molecule has 0 heterocycles. The average molecular weight is 219 g/mol. The lowest BCUT2D eigenvalue weighted by atomic mass is 10.0. The summed E-state index contributed by atoms with van der Waals surface area (Å²) in [4.78, 5) is 0. The van der Waals surface area contributed by atoms with Crippen LogP contribution in [0.3, 0.4) is 0 Å². The first-order valence-electron chi connectivity index (χ1n) is 5.25. The molecular formula is C12H17N3O. The standard InChI is InChI=1S/C12H17N3O/c1-8(2)12(7-16)15-11-4-3-9(6-13)5-10(11)14/h3-5,8,12,15-16H,7,14H2,1-2H3/t12-/m1/s1. The van der Waals surface area contributed by atoms with Gasteiger partial charge in [-0.3, -0.25) is 0 Å². The summed E-state index contributed by atoms with van der Waals surface area (Å²) >= 11 is 0. The molecule has 1 aromatic rings. The van der Waals surface area contributed by atoms with Crippen LogP contribution >= 0.6 is 0 Å². The third-order valence-corrected chi connectivity index (χ3v) is 2.52. The maximum atomic E-state index is 9.19. The Morgan fingerprint density at radius 3 is 2.62 bits per heavy atom. The van der Waals surface area contributed by atoms with Gasteiger partial charge in [0.1, 0.15) is 0 Å². The molecule has 0 aliphatic heterocycles. The Labute approximate surface area is 95.7 Å². The quantitative estimate of drug-likeness (QED) is 0.671. The smallest absolute Gasteiger partial charge is 0.0992 e. The Morgan fingerprint density at radius 1 is 1.50 bits per heavy atom. The molecule has 0 unspecified atom stereocenters. The zero-order valence-corrected chi connectivity index (χ0v) is 9.57. The van der Waals surface area contributed by atoms with E-state index in [9.17, 15) is 5.11 Å². The van der Waals surface area contributed by atoms with Gasteiger partial charge < -0.3 is 16.2 Å². The fraction of sp³-hybridized carbons (Fsp3) is 0.417. The highest BCUT2D eigenvalue weighted by atomic mass is 16.3. The summed E-state index contributed by atoms with van der Waals surface area (Å²) < 4.78 is 0. The minimum atomic E-state index is -0.0322. The predicted octanol–water partition coefficient (Wildman–Crippen LogP) is 1.57. The number of hydrogen-bond donors (Lipinski definition) is 3. The van der Waals surface area contributed by atoms with E-state index in [0.717, 1.165) is 5.69 Å². The van der Waals surface area contributed by atoms with Crippen molar-refractivity contribution in [1.82, 2.24) is 0 Å². The maximum absolute atomic E-state index is 9.19. The van der Waals surface area contributed by atoms with Crippen molar-refractivity contribution in [1.29, 1.82) is 5.26 Å². The molecule has 4 heteroatoms. The number of benzene rings is 1. The van der Waals surface area contributed by atoms with E-state index < -0.39 is 0 Å². The van der Waals surface area contributed by atoms with Gasteiger partial charge in [-0.1, -0.05) is 13.8 Å². The van der Waals surface area contributed by atoms with E-state index in [4.69, 9.17) is 11.0 Å². The van der Waals surface area contributed by atoms with Crippen LogP contribution in [0, 0.1) is 17.2 Å². The first-order valence-corrected chi connectivity index (χ1v) is 5.25. The fourth-order valence-corrected chi connectivity index (χ4v) is 1.39. The number of rotatable bonds is 4. The molecular weight excluding hydrogens is 202 g/mol. The molecule has 0 fully saturated rings. The summed E-state index contributed by atoms with van der Waals surface area (Å²) in [6.07, 6.45) is 0. The molecule has 0 amide bonds. The van der Waals surface area contributed by atoms with Crippen molar-refractivity contribution in [2.45, 2.75) is 19.9 Å². The Bertz CT molecular complexity index is 396. The van der Waals surface area contributed by atoms with Gasteiger partial charge in [0.25, 0.3) is 0 Å². The molecule has 0 spiro atoms. The minimum Gasteiger partial charge on any atom is -0.397 e. The largest absolute Gasteiger partial charge is 0.397 e. The van der Waals surface area contributed by atoms with Crippen LogP contribution in [0.2, 0.25) is 0 Å². The molecule has 86 valence electrons. The Balaban J connectivity index is 2.86. The van der Waals surface area contributed by atoms with Crippen molar-refractivity contribution in [2.24, 2.45) is 5.92 Å². The highest BCUT2D eigenvalue weighted by Crippen LogP contribution is 2.21. The molecule has 1 rings (SSSR count). The van der Waals surface area contributed by atoms with Gasteiger partial charge in [0.05, 0.1) is 35.7 Å². The molecule has 1 aromatic carbocycles. The molecule has 4 nitrogen and oxygen atoms in total. The number of nitrogens with zero attached hydrogens (tertiary/aromatic N) is 1.